The van der Waals surface area contributed by atoms with Gasteiger partial charge >= 0.3 is 0 Å². The first kappa shape index (κ1) is 20.3. The van der Waals surface area contributed by atoms with Crippen LogP contribution >= 0.6 is 23.2 Å². The van der Waals surface area contributed by atoms with Crippen LogP contribution in [0.4, 0.5) is 10.2 Å². The summed E-state index contributed by atoms with van der Waals surface area (Å²) in [6.07, 6.45) is 2.91. The number of aromatic amines is 1. The molecule has 0 spiro atoms. The minimum absolute atomic E-state index is 0.0285. The second-order valence-corrected chi connectivity index (χ2v) is 7.79. The van der Waals surface area contributed by atoms with Crippen molar-refractivity contribution in [2.45, 2.75) is 13.0 Å². The van der Waals surface area contributed by atoms with Crippen LogP contribution < -0.4 is 10.9 Å². The highest BCUT2D eigenvalue weighted by Gasteiger charge is 2.22. The highest BCUT2D eigenvalue weighted by Crippen LogP contribution is 2.29. The van der Waals surface area contributed by atoms with Crippen molar-refractivity contribution in [3.8, 4) is 5.69 Å². The van der Waals surface area contributed by atoms with Gasteiger partial charge in [0.05, 0.1) is 39.0 Å². The first-order chi connectivity index (χ1) is 15.5. The van der Waals surface area contributed by atoms with Crippen LogP contribution in [-0.4, -0.2) is 29.5 Å². The topological polar surface area (TPSA) is 101 Å². The summed E-state index contributed by atoms with van der Waals surface area (Å²) in [7, 11) is 0. The Labute approximate surface area is 190 Å². The smallest absolute Gasteiger partial charge is 0.267 e. The fourth-order valence-electron chi connectivity index (χ4n) is 3.52. The molecule has 32 heavy (non-hydrogen) atoms. The van der Waals surface area contributed by atoms with E-state index in [4.69, 9.17) is 23.2 Å². The fraction of sp³-hybridized carbons (Fsp3) is 0.0952. The molecule has 8 nitrogen and oxygen atoms in total. The zero-order valence-electron chi connectivity index (χ0n) is 16.5. The highest BCUT2D eigenvalue weighted by atomic mass is 35.5. The van der Waals surface area contributed by atoms with Crippen molar-refractivity contribution >= 4 is 51.1 Å². The molecule has 5 aromatic rings. The lowest BCUT2D eigenvalue weighted by Gasteiger charge is -2.21. The molecule has 3 heterocycles. The van der Waals surface area contributed by atoms with Gasteiger partial charge in [-0.25, -0.2) is 24.3 Å². The number of halogens is 3. The molecule has 0 bridgehead atoms. The molecule has 0 aliphatic heterocycles. The normalized spacial score (nSPS) is 12.4. The van der Waals surface area contributed by atoms with Crippen molar-refractivity contribution in [1.29, 1.82) is 0 Å². The van der Waals surface area contributed by atoms with Crippen LogP contribution in [0.1, 0.15) is 18.8 Å². The summed E-state index contributed by atoms with van der Waals surface area (Å²) >= 11 is 12.5. The first-order valence-electron chi connectivity index (χ1n) is 9.52. The van der Waals surface area contributed by atoms with E-state index in [1.165, 1.54) is 29.4 Å². The maximum absolute atomic E-state index is 14.1. The van der Waals surface area contributed by atoms with Gasteiger partial charge in [0.2, 0.25) is 0 Å². The predicted octanol–water partition coefficient (Wildman–Crippen LogP) is 4.67. The molecule has 11 heteroatoms. The molecule has 0 fully saturated rings. The molecule has 0 aliphatic carbocycles. The van der Waals surface area contributed by atoms with Gasteiger partial charge in [-0.05, 0) is 31.2 Å². The third-order valence-electron chi connectivity index (χ3n) is 5.00. The van der Waals surface area contributed by atoms with Crippen LogP contribution in [0.5, 0.6) is 0 Å². The molecule has 2 aromatic carbocycles. The van der Waals surface area contributed by atoms with Crippen LogP contribution in [0.15, 0.2) is 53.8 Å². The number of hydrogen-bond donors (Lipinski definition) is 2. The minimum atomic E-state index is -0.704. The summed E-state index contributed by atoms with van der Waals surface area (Å²) < 4.78 is 15.5. The van der Waals surface area contributed by atoms with E-state index < -0.39 is 17.4 Å². The number of hydrogen-bond acceptors (Lipinski definition) is 6. The van der Waals surface area contributed by atoms with E-state index in [1.54, 1.807) is 24.3 Å². The van der Waals surface area contributed by atoms with Gasteiger partial charge in [0, 0.05) is 0 Å². The van der Waals surface area contributed by atoms with Gasteiger partial charge in [-0.1, -0.05) is 35.3 Å². The minimum Gasteiger partial charge on any atom is -0.358 e. The lowest BCUT2D eigenvalue weighted by Crippen LogP contribution is -2.28. The Hall–Kier alpha value is -3.56. The van der Waals surface area contributed by atoms with Gasteiger partial charge in [-0.2, -0.15) is 0 Å². The lowest BCUT2D eigenvalue weighted by molar-refractivity contribution is 0.629. The number of H-pyrrole nitrogens is 1. The summed E-state index contributed by atoms with van der Waals surface area (Å²) in [5, 5.41) is 3.24. The van der Waals surface area contributed by atoms with E-state index in [2.05, 4.69) is 30.2 Å². The van der Waals surface area contributed by atoms with Crippen molar-refractivity contribution in [3.05, 3.63) is 81.1 Å². The lowest BCUT2D eigenvalue weighted by atomic mass is 10.2. The maximum atomic E-state index is 14.1. The van der Waals surface area contributed by atoms with Crippen molar-refractivity contribution in [1.82, 2.24) is 29.5 Å². The van der Waals surface area contributed by atoms with Gasteiger partial charge in [0.15, 0.2) is 11.5 Å². The summed E-state index contributed by atoms with van der Waals surface area (Å²) in [5.41, 5.74) is 1.22. The molecule has 0 saturated heterocycles. The molecule has 2 N–H and O–H groups in total. The summed E-state index contributed by atoms with van der Waals surface area (Å²) in [5.74, 6) is 0.0890. The van der Waals surface area contributed by atoms with Crippen LogP contribution in [-0.2, 0) is 0 Å². The Balaban J connectivity index is 1.75. The molecule has 0 saturated carbocycles. The third-order valence-corrected chi connectivity index (χ3v) is 5.69. The predicted molar refractivity (Wildman–Crippen MR) is 121 cm³/mol. The number of benzene rings is 2. The Bertz CT molecular complexity index is 1550. The third kappa shape index (κ3) is 3.26. The molecule has 0 radical (unpaired) electrons. The number of nitrogens with one attached hydrogen (secondary N) is 2. The summed E-state index contributed by atoms with van der Waals surface area (Å²) in [6.45, 7) is 1.81. The molecular weight excluding hydrogens is 456 g/mol. The van der Waals surface area contributed by atoms with E-state index >= 15 is 0 Å². The second kappa shape index (κ2) is 7.85. The Kier molecular flexibility index (Phi) is 4.99. The molecule has 3 aromatic heterocycles. The zero-order valence-corrected chi connectivity index (χ0v) is 18.0. The number of fused-ring (bicyclic) bond motifs is 2. The van der Waals surface area contributed by atoms with Crippen molar-refractivity contribution in [3.63, 3.8) is 0 Å². The van der Waals surface area contributed by atoms with Crippen LogP contribution in [0.3, 0.4) is 0 Å². The van der Waals surface area contributed by atoms with Gasteiger partial charge in [-0.15, -0.1) is 0 Å². The van der Waals surface area contributed by atoms with Gasteiger partial charge in [0.1, 0.15) is 23.5 Å². The molecule has 0 aliphatic rings. The number of nitrogens with zero attached hydrogens (tertiary/aromatic N) is 5. The average molecular weight is 470 g/mol. The van der Waals surface area contributed by atoms with Gasteiger partial charge < -0.3 is 10.3 Å². The number of anilines is 1. The Morgan fingerprint density at radius 3 is 2.75 bits per heavy atom. The van der Waals surface area contributed by atoms with E-state index in [0.29, 0.717) is 33.5 Å². The largest absolute Gasteiger partial charge is 0.358 e. The summed E-state index contributed by atoms with van der Waals surface area (Å²) in [4.78, 5) is 33.7. The molecule has 1 atom stereocenters. The molecule has 0 unspecified atom stereocenters. The van der Waals surface area contributed by atoms with Crippen LogP contribution in [0.2, 0.25) is 10.0 Å². The monoisotopic (exact) mass is 469 g/mol. The van der Waals surface area contributed by atoms with Crippen molar-refractivity contribution < 1.29 is 4.39 Å². The van der Waals surface area contributed by atoms with Crippen molar-refractivity contribution in [2.24, 2.45) is 0 Å². The number of aromatic nitrogens is 6. The quantitative estimate of drug-likeness (QED) is 0.396. The standard InChI is InChI=1S/C21H14Cl2FN7O/c1-10(29-19-17-18(26-8-25-17)27-9-28-19)20-30-13-7-6-12(24)16(23)15(13)21(32)31(20)14-5-3-2-4-11(14)22/h2-10H,1H3,(H2,25,26,27,28,29)/t10-/m1/s1. The SMILES string of the molecule is C[C@@H](Nc1ncnc2[nH]cnc12)c1nc2ccc(F)c(Cl)c2c(=O)n1-c1ccccc1Cl. The Morgan fingerprint density at radius 1 is 1.12 bits per heavy atom. The van der Waals surface area contributed by atoms with Crippen LogP contribution in [0.25, 0.3) is 27.8 Å². The van der Waals surface area contributed by atoms with E-state index in [0.717, 1.165) is 0 Å². The van der Waals surface area contributed by atoms with Gasteiger partial charge in [0.25, 0.3) is 5.56 Å². The van der Waals surface area contributed by atoms with Gasteiger partial charge in [-0.3, -0.25) is 9.36 Å². The number of rotatable bonds is 4. The molecule has 5 rings (SSSR count). The number of para-hydroxylation sites is 1. The first-order valence-corrected chi connectivity index (χ1v) is 10.3. The van der Waals surface area contributed by atoms with E-state index in [9.17, 15) is 9.18 Å². The second-order valence-electron chi connectivity index (χ2n) is 7.01. The molecule has 0 amide bonds. The van der Waals surface area contributed by atoms with E-state index in [1.807, 2.05) is 6.92 Å². The maximum Gasteiger partial charge on any atom is 0.267 e. The number of imidazole rings is 1. The fourth-order valence-corrected chi connectivity index (χ4v) is 3.98. The van der Waals surface area contributed by atoms with Crippen LogP contribution in [0, 0.1) is 5.82 Å². The van der Waals surface area contributed by atoms with E-state index in [-0.39, 0.29) is 15.9 Å². The van der Waals surface area contributed by atoms with Crippen molar-refractivity contribution in [2.75, 3.05) is 5.32 Å². The zero-order chi connectivity index (χ0) is 22.4. The summed E-state index contributed by atoms with van der Waals surface area (Å²) in [6, 6.07) is 8.89. The Morgan fingerprint density at radius 2 is 1.94 bits per heavy atom. The average Bonchev–Trinajstić information content (AvgIpc) is 3.27. The molecule has 160 valence electrons. The molecular formula is C21H14Cl2FN7O. The highest BCUT2D eigenvalue weighted by molar-refractivity contribution is 6.35.